The standard InChI is InChI=1S/C23H15N3OS/c24-15-16-8-7-13-19(14-16)22(27)26-23-25-20(17-9-3-1-4-10-17)21(28-23)18-11-5-2-6-12-18/h1-14H,(H,25,26,27). The van der Waals surface area contributed by atoms with Crippen LogP contribution in [0.5, 0.6) is 0 Å². The summed E-state index contributed by atoms with van der Waals surface area (Å²) in [6, 6.07) is 28.6. The van der Waals surface area contributed by atoms with Gasteiger partial charge in [0.25, 0.3) is 5.91 Å². The Morgan fingerprint density at radius 1 is 0.893 bits per heavy atom. The first-order chi connectivity index (χ1) is 13.7. The van der Waals surface area contributed by atoms with Gasteiger partial charge in [0.05, 0.1) is 22.2 Å². The topological polar surface area (TPSA) is 65.8 Å². The molecular formula is C23H15N3OS. The summed E-state index contributed by atoms with van der Waals surface area (Å²) in [6.45, 7) is 0. The summed E-state index contributed by atoms with van der Waals surface area (Å²) in [6.07, 6.45) is 0. The van der Waals surface area contributed by atoms with Gasteiger partial charge in [0, 0.05) is 11.1 Å². The summed E-state index contributed by atoms with van der Waals surface area (Å²) < 4.78 is 0. The molecule has 0 saturated carbocycles. The first-order valence-corrected chi connectivity index (χ1v) is 9.49. The van der Waals surface area contributed by atoms with E-state index in [4.69, 9.17) is 5.26 Å². The molecule has 5 heteroatoms. The Bertz CT molecular complexity index is 1100. The van der Waals surface area contributed by atoms with Gasteiger partial charge in [0.1, 0.15) is 0 Å². The van der Waals surface area contributed by atoms with Crippen molar-refractivity contribution in [2.45, 2.75) is 0 Å². The minimum absolute atomic E-state index is 0.287. The third kappa shape index (κ3) is 3.68. The van der Waals surface area contributed by atoms with Crippen LogP contribution in [0.1, 0.15) is 15.9 Å². The van der Waals surface area contributed by atoms with Gasteiger partial charge < -0.3 is 0 Å². The van der Waals surface area contributed by atoms with E-state index in [1.165, 1.54) is 11.3 Å². The number of hydrogen-bond acceptors (Lipinski definition) is 4. The number of nitrogens with zero attached hydrogens (tertiary/aromatic N) is 2. The summed E-state index contributed by atoms with van der Waals surface area (Å²) in [5.74, 6) is -0.287. The Hall–Kier alpha value is -3.75. The average molecular weight is 381 g/mol. The molecule has 4 aromatic rings. The van der Waals surface area contributed by atoms with Crippen LogP contribution in [-0.4, -0.2) is 10.9 Å². The van der Waals surface area contributed by atoms with Gasteiger partial charge in [-0.3, -0.25) is 10.1 Å². The van der Waals surface area contributed by atoms with Gasteiger partial charge in [-0.25, -0.2) is 4.98 Å². The lowest BCUT2D eigenvalue weighted by molar-refractivity contribution is 0.102. The fourth-order valence-electron chi connectivity index (χ4n) is 2.85. The van der Waals surface area contributed by atoms with Gasteiger partial charge in [0.2, 0.25) is 0 Å². The second kappa shape index (κ2) is 7.87. The molecule has 3 aromatic carbocycles. The number of aromatic nitrogens is 1. The highest BCUT2D eigenvalue weighted by Crippen LogP contribution is 2.39. The van der Waals surface area contributed by atoms with E-state index >= 15 is 0 Å². The van der Waals surface area contributed by atoms with E-state index in [1.807, 2.05) is 66.7 Å². The van der Waals surface area contributed by atoms with Crippen LogP contribution in [0.15, 0.2) is 84.9 Å². The molecule has 28 heavy (non-hydrogen) atoms. The zero-order chi connectivity index (χ0) is 19.3. The molecule has 0 radical (unpaired) electrons. The lowest BCUT2D eigenvalue weighted by Gasteiger charge is -2.02. The van der Waals surface area contributed by atoms with Crippen molar-refractivity contribution in [2.24, 2.45) is 0 Å². The number of carbonyl (C=O) groups excluding carboxylic acids is 1. The van der Waals surface area contributed by atoms with E-state index in [0.29, 0.717) is 16.3 Å². The van der Waals surface area contributed by atoms with Gasteiger partial charge >= 0.3 is 0 Å². The molecule has 134 valence electrons. The molecule has 0 aliphatic carbocycles. The first-order valence-electron chi connectivity index (χ1n) is 8.68. The fraction of sp³-hybridized carbons (Fsp3) is 0. The third-order valence-corrected chi connectivity index (χ3v) is 5.20. The molecule has 1 N–H and O–H groups in total. The molecule has 0 unspecified atom stereocenters. The highest BCUT2D eigenvalue weighted by atomic mass is 32.1. The molecule has 4 rings (SSSR count). The van der Waals surface area contributed by atoms with Crippen LogP contribution in [-0.2, 0) is 0 Å². The van der Waals surface area contributed by atoms with Crippen LogP contribution in [0.4, 0.5) is 5.13 Å². The minimum Gasteiger partial charge on any atom is -0.298 e. The second-order valence-electron chi connectivity index (χ2n) is 6.08. The number of hydrogen-bond donors (Lipinski definition) is 1. The van der Waals surface area contributed by atoms with Crippen LogP contribution < -0.4 is 5.32 Å². The normalized spacial score (nSPS) is 10.2. The fourth-order valence-corrected chi connectivity index (χ4v) is 3.84. The number of anilines is 1. The molecule has 0 saturated heterocycles. The Labute approximate surface area is 166 Å². The molecule has 0 aliphatic rings. The molecule has 0 bridgehead atoms. The maximum absolute atomic E-state index is 12.6. The number of nitriles is 1. The zero-order valence-electron chi connectivity index (χ0n) is 14.8. The number of carbonyl (C=O) groups is 1. The molecule has 0 fully saturated rings. The number of nitrogens with one attached hydrogen (secondary N) is 1. The van der Waals surface area contributed by atoms with Crippen molar-refractivity contribution in [1.82, 2.24) is 4.98 Å². The average Bonchev–Trinajstić information content (AvgIpc) is 3.19. The first kappa shape index (κ1) is 17.7. The van der Waals surface area contributed by atoms with Gasteiger partial charge in [-0.1, -0.05) is 78.1 Å². The number of thiazole rings is 1. The quantitative estimate of drug-likeness (QED) is 0.500. The number of rotatable bonds is 4. The summed E-state index contributed by atoms with van der Waals surface area (Å²) in [5.41, 5.74) is 3.74. The summed E-state index contributed by atoms with van der Waals surface area (Å²) in [4.78, 5) is 18.3. The summed E-state index contributed by atoms with van der Waals surface area (Å²) in [7, 11) is 0. The van der Waals surface area contributed by atoms with E-state index in [2.05, 4.69) is 10.3 Å². The predicted octanol–water partition coefficient (Wildman–Crippen LogP) is 5.60. The molecular weight excluding hydrogens is 366 g/mol. The van der Waals surface area contributed by atoms with E-state index < -0.39 is 0 Å². The predicted molar refractivity (Wildman–Crippen MR) is 112 cm³/mol. The Kier molecular flexibility index (Phi) is 4.96. The lowest BCUT2D eigenvalue weighted by atomic mass is 10.1. The monoisotopic (exact) mass is 381 g/mol. The molecule has 4 nitrogen and oxygen atoms in total. The van der Waals surface area contributed by atoms with Crippen molar-refractivity contribution >= 4 is 22.4 Å². The molecule has 1 heterocycles. The largest absolute Gasteiger partial charge is 0.298 e. The number of benzene rings is 3. The summed E-state index contributed by atoms with van der Waals surface area (Å²) in [5, 5.41) is 12.4. The van der Waals surface area contributed by atoms with Crippen LogP contribution >= 0.6 is 11.3 Å². The van der Waals surface area contributed by atoms with E-state index in [0.717, 1.165) is 21.7 Å². The third-order valence-electron chi connectivity index (χ3n) is 4.18. The van der Waals surface area contributed by atoms with Crippen molar-refractivity contribution in [3.63, 3.8) is 0 Å². The second-order valence-corrected chi connectivity index (χ2v) is 7.07. The van der Waals surface area contributed by atoms with Crippen molar-refractivity contribution in [1.29, 1.82) is 5.26 Å². The maximum Gasteiger partial charge on any atom is 0.257 e. The SMILES string of the molecule is N#Cc1cccc(C(=O)Nc2nc(-c3ccccc3)c(-c3ccccc3)s2)c1. The van der Waals surface area contributed by atoms with E-state index in [9.17, 15) is 4.79 Å². The van der Waals surface area contributed by atoms with Crippen molar-refractivity contribution in [3.05, 3.63) is 96.1 Å². The molecule has 0 spiro atoms. The Morgan fingerprint density at radius 3 is 2.25 bits per heavy atom. The molecule has 1 aromatic heterocycles. The van der Waals surface area contributed by atoms with Gasteiger partial charge in [0.15, 0.2) is 5.13 Å². The number of amides is 1. The van der Waals surface area contributed by atoms with Crippen molar-refractivity contribution in [2.75, 3.05) is 5.32 Å². The smallest absolute Gasteiger partial charge is 0.257 e. The maximum atomic E-state index is 12.6. The van der Waals surface area contributed by atoms with Crippen LogP contribution in [0.25, 0.3) is 21.7 Å². The van der Waals surface area contributed by atoms with Crippen LogP contribution in [0.2, 0.25) is 0 Å². The minimum atomic E-state index is -0.287. The van der Waals surface area contributed by atoms with Gasteiger partial charge in [-0.05, 0) is 23.8 Å². The van der Waals surface area contributed by atoms with Gasteiger partial charge in [-0.2, -0.15) is 5.26 Å². The Balaban J connectivity index is 1.71. The van der Waals surface area contributed by atoms with Gasteiger partial charge in [-0.15, -0.1) is 0 Å². The Morgan fingerprint density at radius 2 is 1.57 bits per heavy atom. The van der Waals surface area contributed by atoms with Crippen molar-refractivity contribution < 1.29 is 4.79 Å². The van der Waals surface area contributed by atoms with E-state index in [1.54, 1.807) is 24.3 Å². The molecule has 1 amide bonds. The lowest BCUT2D eigenvalue weighted by Crippen LogP contribution is -2.11. The molecule has 0 atom stereocenters. The van der Waals surface area contributed by atoms with Crippen LogP contribution in [0.3, 0.4) is 0 Å². The zero-order valence-corrected chi connectivity index (χ0v) is 15.6. The van der Waals surface area contributed by atoms with Crippen LogP contribution in [0, 0.1) is 11.3 Å². The van der Waals surface area contributed by atoms with Crippen molar-refractivity contribution in [3.8, 4) is 27.8 Å². The van der Waals surface area contributed by atoms with E-state index in [-0.39, 0.29) is 5.91 Å². The highest BCUT2D eigenvalue weighted by molar-refractivity contribution is 7.19. The summed E-state index contributed by atoms with van der Waals surface area (Å²) >= 11 is 1.43. The highest BCUT2D eigenvalue weighted by Gasteiger charge is 2.17. The molecule has 0 aliphatic heterocycles.